The van der Waals surface area contributed by atoms with E-state index < -0.39 is 11.6 Å². The van der Waals surface area contributed by atoms with Crippen LogP contribution in [0.2, 0.25) is 5.02 Å². The first-order chi connectivity index (χ1) is 14.4. The highest BCUT2D eigenvalue weighted by Crippen LogP contribution is 2.26. The number of rotatable bonds is 5. The van der Waals surface area contributed by atoms with E-state index in [1.807, 2.05) is 31.2 Å². The van der Waals surface area contributed by atoms with Gasteiger partial charge in [0.2, 0.25) is 5.91 Å². The predicted molar refractivity (Wildman–Crippen MR) is 114 cm³/mol. The van der Waals surface area contributed by atoms with Crippen LogP contribution in [0.5, 0.6) is 0 Å². The summed E-state index contributed by atoms with van der Waals surface area (Å²) in [5.74, 6) is -0.295. The van der Waals surface area contributed by atoms with Crippen molar-refractivity contribution in [3.8, 4) is 0 Å². The average Bonchev–Trinajstić information content (AvgIpc) is 3.14. The lowest BCUT2D eigenvalue weighted by atomic mass is 10.1. The zero-order valence-corrected chi connectivity index (χ0v) is 17.2. The molecular weight excluding hydrogens is 406 g/mol. The van der Waals surface area contributed by atoms with Crippen LogP contribution in [0.25, 0.3) is 11.0 Å². The van der Waals surface area contributed by atoms with E-state index in [0.29, 0.717) is 28.0 Å². The molecule has 30 heavy (non-hydrogen) atoms. The quantitative estimate of drug-likeness (QED) is 0.453. The van der Waals surface area contributed by atoms with Crippen LogP contribution in [0, 0.1) is 6.92 Å². The van der Waals surface area contributed by atoms with Gasteiger partial charge >= 0.3 is 11.6 Å². The Kier molecular flexibility index (Phi) is 5.59. The summed E-state index contributed by atoms with van der Waals surface area (Å²) in [7, 11) is 0. The van der Waals surface area contributed by atoms with Crippen LogP contribution in [0.3, 0.4) is 0 Å². The summed E-state index contributed by atoms with van der Waals surface area (Å²) >= 11 is 6.19. The molecule has 0 aliphatic carbocycles. The molecule has 4 rings (SSSR count). The van der Waals surface area contributed by atoms with E-state index in [9.17, 15) is 14.4 Å². The van der Waals surface area contributed by atoms with Gasteiger partial charge in [-0.15, -0.1) is 0 Å². The smallest absolute Gasteiger partial charge is 0.336 e. The molecule has 0 saturated carbocycles. The van der Waals surface area contributed by atoms with Crippen molar-refractivity contribution in [3.05, 3.63) is 74.6 Å². The maximum Gasteiger partial charge on any atom is 0.336 e. The van der Waals surface area contributed by atoms with Crippen LogP contribution in [-0.2, 0) is 27.4 Å². The maximum absolute atomic E-state index is 12.3. The summed E-state index contributed by atoms with van der Waals surface area (Å²) in [4.78, 5) is 37.7. The minimum atomic E-state index is -0.512. The monoisotopic (exact) mass is 425 g/mol. The van der Waals surface area contributed by atoms with Crippen molar-refractivity contribution >= 4 is 40.1 Å². The van der Waals surface area contributed by atoms with Crippen molar-refractivity contribution in [2.45, 2.75) is 32.8 Å². The lowest BCUT2D eigenvalue weighted by Crippen LogP contribution is -2.23. The van der Waals surface area contributed by atoms with Crippen LogP contribution in [0.1, 0.15) is 29.5 Å². The van der Waals surface area contributed by atoms with E-state index in [0.717, 1.165) is 29.8 Å². The Morgan fingerprint density at radius 2 is 1.93 bits per heavy atom. The Morgan fingerprint density at radius 1 is 1.17 bits per heavy atom. The van der Waals surface area contributed by atoms with Gasteiger partial charge < -0.3 is 14.1 Å². The summed E-state index contributed by atoms with van der Waals surface area (Å²) in [6.45, 7) is 2.49. The van der Waals surface area contributed by atoms with Gasteiger partial charge in [0, 0.05) is 40.7 Å². The first-order valence-corrected chi connectivity index (χ1v) is 10.1. The fourth-order valence-corrected chi connectivity index (χ4v) is 3.72. The number of ether oxygens (including phenoxy) is 1. The summed E-state index contributed by atoms with van der Waals surface area (Å²) in [6.07, 6.45) is 1.53. The van der Waals surface area contributed by atoms with Gasteiger partial charge in [-0.2, -0.15) is 0 Å². The number of hydrogen-bond acceptors (Lipinski definition) is 5. The number of carbonyl (C=O) groups is 2. The Hall–Kier alpha value is -3.12. The summed E-state index contributed by atoms with van der Waals surface area (Å²) < 4.78 is 10.6. The third kappa shape index (κ3) is 4.24. The van der Waals surface area contributed by atoms with Gasteiger partial charge in [-0.3, -0.25) is 9.59 Å². The molecule has 1 amide bonds. The number of carbonyl (C=O) groups excluding carboxylic acids is 2. The van der Waals surface area contributed by atoms with Crippen LogP contribution >= 0.6 is 11.6 Å². The molecule has 0 unspecified atom stereocenters. The zero-order valence-electron chi connectivity index (χ0n) is 16.4. The van der Waals surface area contributed by atoms with E-state index in [2.05, 4.69) is 0 Å². The van der Waals surface area contributed by atoms with E-state index in [1.165, 1.54) is 6.07 Å². The molecule has 6 nitrogen and oxygen atoms in total. The molecule has 1 aliphatic heterocycles. The number of benzene rings is 2. The number of anilines is 1. The standard InChI is InChI=1S/C23H20ClNO5/c1-14-9-20-18(12-19(14)24)16(11-23(28)30-20)13-29-22(27)10-15-4-6-17(7-5-15)25-8-2-3-21(25)26/h4-7,9,11-12H,2-3,8,10,13H2,1H3. The Bertz CT molecular complexity index is 1180. The van der Waals surface area contributed by atoms with Crippen molar-refractivity contribution in [1.82, 2.24) is 0 Å². The highest BCUT2D eigenvalue weighted by atomic mass is 35.5. The van der Waals surface area contributed by atoms with Crippen molar-refractivity contribution in [2.24, 2.45) is 0 Å². The third-order valence-corrected chi connectivity index (χ3v) is 5.58. The highest BCUT2D eigenvalue weighted by molar-refractivity contribution is 6.32. The normalized spacial score (nSPS) is 13.8. The molecule has 1 aliphatic rings. The molecule has 7 heteroatoms. The molecule has 2 aromatic carbocycles. The molecule has 154 valence electrons. The van der Waals surface area contributed by atoms with Crippen molar-refractivity contribution in [1.29, 1.82) is 0 Å². The van der Waals surface area contributed by atoms with Gasteiger partial charge in [-0.25, -0.2) is 4.79 Å². The van der Waals surface area contributed by atoms with Crippen molar-refractivity contribution in [2.75, 3.05) is 11.4 Å². The summed E-state index contributed by atoms with van der Waals surface area (Å²) in [5, 5.41) is 1.18. The van der Waals surface area contributed by atoms with Crippen LogP contribution in [0.15, 0.2) is 51.7 Å². The molecule has 3 aromatic rings. The fourth-order valence-electron chi connectivity index (χ4n) is 3.56. The molecular formula is C23H20ClNO5. The van der Waals surface area contributed by atoms with E-state index >= 15 is 0 Å². The van der Waals surface area contributed by atoms with Crippen LogP contribution in [-0.4, -0.2) is 18.4 Å². The Morgan fingerprint density at radius 3 is 2.63 bits per heavy atom. The first kappa shape index (κ1) is 20.2. The van der Waals surface area contributed by atoms with Gasteiger partial charge in [0.05, 0.1) is 6.42 Å². The van der Waals surface area contributed by atoms with Crippen molar-refractivity contribution < 1.29 is 18.7 Å². The molecule has 0 spiro atoms. The number of halogens is 1. The lowest BCUT2D eigenvalue weighted by molar-refractivity contribution is -0.144. The van der Waals surface area contributed by atoms with Gasteiger partial charge in [0.15, 0.2) is 0 Å². The number of nitrogens with zero attached hydrogens (tertiary/aromatic N) is 1. The second-order valence-corrected chi connectivity index (χ2v) is 7.75. The molecule has 2 heterocycles. The molecule has 1 saturated heterocycles. The number of esters is 1. The van der Waals surface area contributed by atoms with Crippen molar-refractivity contribution in [3.63, 3.8) is 0 Å². The summed E-state index contributed by atoms with van der Waals surface area (Å²) in [6, 6.07) is 12.0. The zero-order chi connectivity index (χ0) is 21.3. The molecule has 0 bridgehead atoms. The highest BCUT2D eigenvalue weighted by Gasteiger charge is 2.21. The minimum absolute atomic E-state index is 0.0549. The van der Waals surface area contributed by atoms with Gasteiger partial charge in [-0.05, 0) is 48.7 Å². The van der Waals surface area contributed by atoms with E-state index in [1.54, 1.807) is 17.0 Å². The fraction of sp³-hybridized carbons (Fsp3) is 0.261. The maximum atomic E-state index is 12.3. The molecule has 0 radical (unpaired) electrons. The SMILES string of the molecule is Cc1cc2oc(=O)cc(COC(=O)Cc3ccc(N4CCCC4=O)cc3)c2cc1Cl. The predicted octanol–water partition coefficient (Wildman–Crippen LogP) is 4.17. The second kappa shape index (κ2) is 8.32. The van der Waals surface area contributed by atoms with Crippen LogP contribution < -0.4 is 10.5 Å². The Labute approximate surface area is 178 Å². The van der Waals surface area contributed by atoms with E-state index in [4.69, 9.17) is 20.8 Å². The topological polar surface area (TPSA) is 76.8 Å². The van der Waals surface area contributed by atoms with E-state index in [-0.39, 0.29) is 18.9 Å². The number of amides is 1. The molecule has 0 N–H and O–H groups in total. The minimum Gasteiger partial charge on any atom is -0.461 e. The molecule has 1 fully saturated rings. The molecule has 0 atom stereocenters. The molecule has 1 aromatic heterocycles. The largest absolute Gasteiger partial charge is 0.461 e. The number of hydrogen-bond donors (Lipinski definition) is 0. The van der Waals surface area contributed by atoms with Crippen LogP contribution in [0.4, 0.5) is 5.69 Å². The number of aryl methyl sites for hydroxylation is 1. The Balaban J connectivity index is 1.43. The average molecular weight is 426 g/mol. The van der Waals surface area contributed by atoms with Gasteiger partial charge in [0.1, 0.15) is 12.2 Å². The number of fused-ring (bicyclic) bond motifs is 1. The third-order valence-electron chi connectivity index (χ3n) is 5.17. The lowest BCUT2D eigenvalue weighted by Gasteiger charge is -2.15. The van der Waals surface area contributed by atoms with Gasteiger partial charge in [-0.1, -0.05) is 23.7 Å². The summed E-state index contributed by atoms with van der Waals surface area (Å²) in [5.41, 5.74) is 2.85. The van der Waals surface area contributed by atoms with Gasteiger partial charge in [0.25, 0.3) is 0 Å². The second-order valence-electron chi connectivity index (χ2n) is 7.34. The first-order valence-electron chi connectivity index (χ1n) is 9.68.